The first-order valence-electron chi connectivity index (χ1n) is 10.6. The van der Waals surface area contributed by atoms with E-state index >= 15 is 0 Å². The largest absolute Gasteiger partial charge is 0.494 e. The van der Waals surface area contributed by atoms with E-state index in [9.17, 15) is 13.6 Å². The first-order valence-corrected chi connectivity index (χ1v) is 10.6. The molecule has 34 heavy (non-hydrogen) atoms. The fraction of sp³-hybridized carbons (Fsp3) is 0.240. The first kappa shape index (κ1) is 23.1. The Morgan fingerprint density at radius 1 is 1.09 bits per heavy atom. The van der Waals surface area contributed by atoms with E-state index in [-0.39, 0.29) is 35.3 Å². The Labute approximate surface area is 195 Å². The summed E-state index contributed by atoms with van der Waals surface area (Å²) in [5, 5.41) is 9.11. The third-order valence-corrected chi connectivity index (χ3v) is 5.81. The molecule has 9 heteroatoms. The summed E-state index contributed by atoms with van der Waals surface area (Å²) in [5.41, 5.74) is 7.18. The second-order valence-corrected chi connectivity index (χ2v) is 7.90. The smallest absolute Gasteiger partial charge is 0.298 e. The van der Waals surface area contributed by atoms with Gasteiger partial charge in [-0.3, -0.25) is 4.79 Å². The van der Waals surface area contributed by atoms with Crippen molar-refractivity contribution in [3.8, 4) is 40.0 Å². The van der Waals surface area contributed by atoms with Crippen molar-refractivity contribution in [3.63, 3.8) is 0 Å². The average molecular weight is 464 g/mol. The number of anilines is 1. The fourth-order valence-corrected chi connectivity index (χ4v) is 4.01. The number of ether oxygens (including phenoxy) is 2. The van der Waals surface area contributed by atoms with Crippen LogP contribution in [0.25, 0.3) is 22.4 Å². The molecule has 1 fully saturated rings. The molecule has 0 radical (unpaired) electrons. The Morgan fingerprint density at radius 3 is 2.41 bits per heavy atom. The Balaban J connectivity index is 1.96. The molecule has 0 aliphatic carbocycles. The number of hydrogen-bond donors (Lipinski definition) is 1. The van der Waals surface area contributed by atoms with Gasteiger partial charge in [0.2, 0.25) is 0 Å². The Bertz CT molecular complexity index is 1270. The number of methoxy groups -OCH3 is 1. The van der Waals surface area contributed by atoms with Crippen LogP contribution in [0.1, 0.15) is 18.4 Å². The van der Waals surface area contributed by atoms with Gasteiger partial charge in [-0.1, -0.05) is 12.1 Å². The van der Waals surface area contributed by atoms with E-state index in [0.29, 0.717) is 35.6 Å². The Hall–Kier alpha value is -4.03. The molecule has 4 rings (SSSR count). The van der Waals surface area contributed by atoms with Crippen LogP contribution in [0.3, 0.4) is 0 Å². The summed E-state index contributed by atoms with van der Waals surface area (Å²) in [6, 6.07) is 11.8. The normalized spacial score (nSPS) is 13.9. The molecule has 1 aromatic heterocycles. The van der Waals surface area contributed by atoms with Gasteiger partial charge in [0, 0.05) is 30.8 Å². The van der Waals surface area contributed by atoms with Crippen molar-refractivity contribution < 1.29 is 23.0 Å². The van der Waals surface area contributed by atoms with Crippen LogP contribution in [0.15, 0.2) is 42.5 Å². The number of pyridine rings is 1. The topological polar surface area (TPSA) is 101 Å². The number of aromatic nitrogens is 1. The molecule has 3 aromatic rings. The number of nitrogens with zero attached hydrogens (tertiary/aromatic N) is 3. The molecular weight excluding hydrogens is 442 g/mol. The minimum atomic E-state index is -0.721. The van der Waals surface area contributed by atoms with Crippen molar-refractivity contribution in [2.24, 2.45) is 5.73 Å². The molecule has 0 spiro atoms. The zero-order valence-corrected chi connectivity index (χ0v) is 18.4. The molecule has 0 saturated carbocycles. The van der Waals surface area contributed by atoms with Crippen molar-refractivity contribution >= 4 is 12.3 Å². The summed E-state index contributed by atoms with van der Waals surface area (Å²) >= 11 is 0. The van der Waals surface area contributed by atoms with Crippen molar-refractivity contribution in [1.82, 2.24) is 4.98 Å². The monoisotopic (exact) mass is 464 g/mol. The highest BCUT2D eigenvalue weighted by Gasteiger charge is 2.24. The molecule has 7 nitrogen and oxygen atoms in total. The number of benzene rings is 2. The maximum Gasteiger partial charge on any atom is 0.298 e. The molecule has 2 aromatic carbocycles. The van der Waals surface area contributed by atoms with Crippen LogP contribution in [0.2, 0.25) is 0 Å². The van der Waals surface area contributed by atoms with Crippen LogP contribution >= 0.6 is 0 Å². The van der Waals surface area contributed by atoms with E-state index in [1.165, 1.54) is 31.4 Å². The molecular formula is C25H22F2N4O3. The number of carbonyl (C=O) groups is 1. The zero-order chi connectivity index (χ0) is 24.2. The van der Waals surface area contributed by atoms with E-state index in [0.717, 1.165) is 12.8 Å². The van der Waals surface area contributed by atoms with E-state index in [4.69, 9.17) is 25.5 Å². The zero-order valence-electron chi connectivity index (χ0n) is 18.4. The second-order valence-electron chi connectivity index (χ2n) is 7.90. The van der Waals surface area contributed by atoms with Gasteiger partial charge < -0.3 is 20.1 Å². The number of piperidine rings is 1. The van der Waals surface area contributed by atoms with Gasteiger partial charge in [0.05, 0.1) is 23.9 Å². The number of hydrogen-bond acceptors (Lipinski definition) is 7. The Kier molecular flexibility index (Phi) is 6.70. The minimum Gasteiger partial charge on any atom is -0.494 e. The van der Waals surface area contributed by atoms with Crippen LogP contribution in [0, 0.1) is 23.0 Å². The van der Waals surface area contributed by atoms with Gasteiger partial charge in [-0.25, -0.2) is 13.8 Å². The van der Waals surface area contributed by atoms with Crippen molar-refractivity contribution in [3.05, 3.63) is 59.7 Å². The quantitative estimate of drug-likeness (QED) is 0.550. The summed E-state index contributed by atoms with van der Waals surface area (Å²) in [7, 11) is 1.35. The van der Waals surface area contributed by atoms with Crippen LogP contribution < -0.4 is 20.1 Å². The third kappa shape index (κ3) is 4.54. The molecule has 0 amide bonds. The number of carbonyl (C=O) groups excluding carboxylic acids is 1. The highest BCUT2D eigenvalue weighted by molar-refractivity contribution is 5.88. The molecule has 1 aliphatic heterocycles. The van der Waals surface area contributed by atoms with E-state index in [1.807, 2.05) is 4.90 Å². The molecule has 174 valence electrons. The lowest BCUT2D eigenvalue weighted by Gasteiger charge is -2.32. The first-order chi connectivity index (χ1) is 16.4. The van der Waals surface area contributed by atoms with Crippen LogP contribution in [-0.4, -0.2) is 37.7 Å². The predicted molar refractivity (Wildman–Crippen MR) is 122 cm³/mol. The van der Waals surface area contributed by atoms with Gasteiger partial charge in [0.15, 0.2) is 11.6 Å². The standard InChI is InChI=1S/C25H22F2N4O3/c1-33-21-5-4-15(10-20(21)27)24-22(34-14-32)12-23(31-8-6-18(29)7-9-31)30-25(24)16-2-3-17(13-28)19(26)11-16/h2-5,10-12,14,18H,6-9,29H2,1H3. The average Bonchev–Trinajstić information content (AvgIpc) is 2.84. The highest BCUT2D eigenvalue weighted by Crippen LogP contribution is 2.42. The summed E-state index contributed by atoms with van der Waals surface area (Å²) in [6.45, 7) is 1.57. The number of halogens is 2. The van der Waals surface area contributed by atoms with Gasteiger partial charge in [-0.15, -0.1) is 0 Å². The van der Waals surface area contributed by atoms with Crippen molar-refractivity contribution in [2.75, 3.05) is 25.1 Å². The van der Waals surface area contributed by atoms with Gasteiger partial charge >= 0.3 is 0 Å². The molecule has 0 unspecified atom stereocenters. The van der Waals surface area contributed by atoms with Gasteiger partial charge in [0.1, 0.15) is 23.5 Å². The lowest BCUT2D eigenvalue weighted by molar-refractivity contribution is -0.120. The highest BCUT2D eigenvalue weighted by atomic mass is 19.1. The lowest BCUT2D eigenvalue weighted by Crippen LogP contribution is -2.40. The molecule has 1 aliphatic rings. The third-order valence-electron chi connectivity index (χ3n) is 5.81. The fourth-order valence-electron chi connectivity index (χ4n) is 4.01. The van der Waals surface area contributed by atoms with Crippen molar-refractivity contribution in [1.29, 1.82) is 5.26 Å². The van der Waals surface area contributed by atoms with E-state index in [2.05, 4.69) is 0 Å². The molecule has 0 atom stereocenters. The maximum absolute atomic E-state index is 14.6. The summed E-state index contributed by atoms with van der Waals surface area (Å²) in [6.07, 6.45) is 1.52. The van der Waals surface area contributed by atoms with Gasteiger partial charge in [-0.2, -0.15) is 5.26 Å². The summed E-state index contributed by atoms with van der Waals surface area (Å²) in [4.78, 5) is 18.1. The van der Waals surface area contributed by atoms with Crippen LogP contribution in [0.4, 0.5) is 14.6 Å². The minimum absolute atomic E-state index is 0.0433. The number of nitrogens with two attached hydrogens (primary N) is 1. The molecule has 2 heterocycles. The van der Waals surface area contributed by atoms with Crippen molar-refractivity contribution in [2.45, 2.75) is 18.9 Å². The summed E-state index contributed by atoms with van der Waals surface area (Å²) in [5.74, 6) is -0.647. The maximum atomic E-state index is 14.6. The summed E-state index contributed by atoms with van der Waals surface area (Å²) < 4.78 is 39.4. The molecule has 2 N–H and O–H groups in total. The van der Waals surface area contributed by atoms with Gasteiger partial charge in [-0.05, 0) is 42.7 Å². The van der Waals surface area contributed by atoms with E-state index < -0.39 is 11.6 Å². The predicted octanol–water partition coefficient (Wildman–Crippen LogP) is 4.04. The van der Waals surface area contributed by atoms with Crippen LogP contribution in [0.5, 0.6) is 11.5 Å². The van der Waals surface area contributed by atoms with Gasteiger partial charge in [0.25, 0.3) is 6.47 Å². The lowest BCUT2D eigenvalue weighted by atomic mass is 9.96. The van der Waals surface area contributed by atoms with E-state index in [1.54, 1.807) is 24.3 Å². The Morgan fingerprint density at radius 2 is 1.79 bits per heavy atom. The molecule has 1 saturated heterocycles. The second kappa shape index (κ2) is 9.85. The van der Waals surface area contributed by atoms with Crippen LogP contribution in [-0.2, 0) is 4.79 Å². The number of nitriles is 1. The molecule has 0 bridgehead atoms. The SMILES string of the molecule is COc1ccc(-c2c(OC=O)cc(N3CCC(N)CC3)nc2-c2ccc(C#N)c(F)c2)cc1F. The number of rotatable bonds is 6.